The molecule has 0 bridgehead atoms. The lowest BCUT2D eigenvalue weighted by atomic mass is 10.1. The van der Waals surface area contributed by atoms with E-state index in [0.717, 1.165) is 35.4 Å². The number of methoxy groups -OCH3 is 1. The van der Waals surface area contributed by atoms with Gasteiger partial charge in [0.15, 0.2) is 0 Å². The van der Waals surface area contributed by atoms with E-state index in [4.69, 9.17) is 4.74 Å². The Balaban J connectivity index is 1.46. The van der Waals surface area contributed by atoms with E-state index in [1.54, 1.807) is 7.11 Å². The van der Waals surface area contributed by atoms with Gasteiger partial charge in [0.2, 0.25) is 0 Å². The second kappa shape index (κ2) is 7.74. The number of fused-ring (bicyclic) bond motifs is 1. The summed E-state index contributed by atoms with van der Waals surface area (Å²) >= 11 is 0. The zero-order chi connectivity index (χ0) is 18.6. The predicted molar refractivity (Wildman–Crippen MR) is 111 cm³/mol. The molecule has 27 heavy (non-hydrogen) atoms. The van der Waals surface area contributed by atoms with E-state index in [0.29, 0.717) is 12.1 Å². The standard InChI is InChI=1S/C22H25N3O2/c1-27-20-10-5-16-13-17(22(26)24-21(16)14-20)15-23-18-6-8-19(9-7-18)25-11-3-2-4-12-25/h5-10,13-14,23H,2-4,11-12,15H2,1H3,(H,24,26). The van der Waals surface area contributed by atoms with Crippen LogP contribution in [-0.4, -0.2) is 25.2 Å². The van der Waals surface area contributed by atoms with Crippen LogP contribution >= 0.6 is 0 Å². The Morgan fingerprint density at radius 3 is 2.56 bits per heavy atom. The van der Waals surface area contributed by atoms with Gasteiger partial charge in [-0.1, -0.05) is 0 Å². The maximum absolute atomic E-state index is 12.4. The van der Waals surface area contributed by atoms with Gasteiger partial charge in [0, 0.05) is 42.6 Å². The molecule has 5 nitrogen and oxygen atoms in total. The van der Waals surface area contributed by atoms with Crippen LogP contribution in [0.4, 0.5) is 11.4 Å². The first-order valence-electron chi connectivity index (χ1n) is 9.52. The third kappa shape index (κ3) is 3.92. The molecule has 2 heterocycles. The molecule has 1 aliphatic heterocycles. The third-order valence-corrected chi connectivity index (χ3v) is 5.20. The smallest absolute Gasteiger partial charge is 0.253 e. The van der Waals surface area contributed by atoms with E-state index in [2.05, 4.69) is 39.5 Å². The molecular formula is C22H25N3O2. The summed E-state index contributed by atoms with van der Waals surface area (Å²) in [7, 11) is 1.62. The number of aromatic amines is 1. The summed E-state index contributed by atoms with van der Waals surface area (Å²) in [5.74, 6) is 0.734. The fourth-order valence-electron chi connectivity index (χ4n) is 3.62. The van der Waals surface area contributed by atoms with Crippen molar-refractivity contribution in [3.63, 3.8) is 0 Å². The first-order chi connectivity index (χ1) is 13.2. The summed E-state index contributed by atoms with van der Waals surface area (Å²) < 4.78 is 5.21. The zero-order valence-electron chi connectivity index (χ0n) is 15.6. The van der Waals surface area contributed by atoms with Crippen LogP contribution in [0, 0.1) is 0 Å². The van der Waals surface area contributed by atoms with Crippen LogP contribution in [-0.2, 0) is 6.54 Å². The molecule has 0 amide bonds. The van der Waals surface area contributed by atoms with Crippen molar-refractivity contribution >= 4 is 22.3 Å². The second-order valence-electron chi connectivity index (χ2n) is 7.03. The van der Waals surface area contributed by atoms with Crippen molar-refractivity contribution in [1.29, 1.82) is 0 Å². The quantitative estimate of drug-likeness (QED) is 0.715. The van der Waals surface area contributed by atoms with Crippen LogP contribution in [0.15, 0.2) is 53.3 Å². The molecule has 0 radical (unpaired) electrons. The van der Waals surface area contributed by atoms with Crippen molar-refractivity contribution in [2.75, 3.05) is 30.4 Å². The van der Waals surface area contributed by atoms with E-state index < -0.39 is 0 Å². The van der Waals surface area contributed by atoms with Gasteiger partial charge >= 0.3 is 0 Å². The monoisotopic (exact) mass is 363 g/mol. The number of H-pyrrole nitrogens is 1. The van der Waals surface area contributed by atoms with Crippen molar-refractivity contribution in [3.8, 4) is 5.75 Å². The van der Waals surface area contributed by atoms with Gasteiger partial charge in [-0.15, -0.1) is 0 Å². The highest BCUT2D eigenvalue weighted by molar-refractivity contribution is 5.80. The predicted octanol–water partition coefficient (Wildman–Crippen LogP) is 4.14. The van der Waals surface area contributed by atoms with Gasteiger partial charge in [0.25, 0.3) is 5.56 Å². The number of benzene rings is 2. The summed E-state index contributed by atoms with van der Waals surface area (Å²) in [6.07, 6.45) is 3.89. The number of anilines is 2. The molecule has 2 N–H and O–H groups in total. The van der Waals surface area contributed by atoms with Crippen LogP contribution < -0.4 is 20.5 Å². The van der Waals surface area contributed by atoms with Crippen molar-refractivity contribution in [2.45, 2.75) is 25.8 Å². The van der Waals surface area contributed by atoms with Crippen molar-refractivity contribution in [3.05, 3.63) is 64.4 Å². The third-order valence-electron chi connectivity index (χ3n) is 5.20. The van der Waals surface area contributed by atoms with Crippen molar-refractivity contribution in [1.82, 2.24) is 4.98 Å². The number of hydrogen-bond acceptors (Lipinski definition) is 4. The maximum Gasteiger partial charge on any atom is 0.253 e. The van der Waals surface area contributed by atoms with Gasteiger partial charge in [-0.2, -0.15) is 0 Å². The Kier molecular flexibility index (Phi) is 5.01. The van der Waals surface area contributed by atoms with Crippen LogP contribution in [0.3, 0.4) is 0 Å². The summed E-state index contributed by atoms with van der Waals surface area (Å²) in [4.78, 5) is 17.8. The molecule has 140 valence electrons. The molecular weight excluding hydrogens is 338 g/mol. The minimum absolute atomic E-state index is 0.0758. The highest BCUT2D eigenvalue weighted by Gasteiger charge is 2.10. The number of ether oxygens (including phenoxy) is 1. The lowest BCUT2D eigenvalue weighted by Gasteiger charge is -2.28. The highest BCUT2D eigenvalue weighted by Crippen LogP contribution is 2.22. The minimum atomic E-state index is -0.0758. The normalized spacial score (nSPS) is 14.3. The molecule has 0 saturated carbocycles. The number of nitrogens with zero attached hydrogens (tertiary/aromatic N) is 1. The van der Waals surface area contributed by atoms with Crippen molar-refractivity contribution < 1.29 is 4.74 Å². The molecule has 1 aliphatic rings. The Morgan fingerprint density at radius 2 is 1.81 bits per heavy atom. The first-order valence-corrected chi connectivity index (χ1v) is 9.52. The molecule has 1 saturated heterocycles. The van der Waals surface area contributed by atoms with Gasteiger partial charge in [-0.25, -0.2) is 0 Å². The van der Waals surface area contributed by atoms with Crippen LogP contribution in [0.25, 0.3) is 10.9 Å². The summed E-state index contributed by atoms with van der Waals surface area (Å²) in [5, 5.41) is 4.35. The molecule has 0 atom stereocenters. The van der Waals surface area contributed by atoms with Gasteiger partial charge < -0.3 is 19.9 Å². The van der Waals surface area contributed by atoms with Crippen LogP contribution in [0.5, 0.6) is 5.75 Å². The number of nitrogens with one attached hydrogen (secondary N) is 2. The average molecular weight is 363 g/mol. The molecule has 0 aliphatic carbocycles. The largest absolute Gasteiger partial charge is 0.497 e. The minimum Gasteiger partial charge on any atom is -0.497 e. The van der Waals surface area contributed by atoms with Crippen molar-refractivity contribution in [2.24, 2.45) is 0 Å². The van der Waals surface area contributed by atoms with E-state index in [-0.39, 0.29) is 5.56 Å². The Bertz CT molecular complexity index is 973. The highest BCUT2D eigenvalue weighted by atomic mass is 16.5. The second-order valence-corrected chi connectivity index (χ2v) is 7.03. The van der Waals surface area contributed by atoms with Gasteiger partial charge in [0.05, 0.1) is 12.6 Å². The van der Waals surface area contributed by atoms with E-state index >= 15 is 0 Å². The van der Waals surface area contributed by atoms with Crippen LogP contribution in [0.2, 0.25) is 0 Å². The van der Waals surface area contributed by atoms with Gasteiger partial charge in [-0.3, -0.25) is 4.79 Å². The molecule has 1 aromatic heterocycles. The SMILES string of the molecule is COc1ccc2cc(CNc3ccc(N4CCCCC4)cc3)c(=O)[nH]c2c1. The molecule has 2 aromatic carbocycles. The van der Waals surface area contributed by atoms with Gasteiger partial charge in [-0.05, 0) is 67.1 Å². The number of piperidine rings is 1. The summed E-state index contributed by atoms with van der Waals surface area (Å²) in [6, 6.07) is 16.1. The fraction of sp³-hybridized carbons (Fsp3) is 0.318. The zero-order valence-corrected chi connectivity index (χ0v) is 15.6. The molecule has 1 fully saturated rings. The van der Waals surface area contributed by atoms with Gasteiger partial charge in [0.1, 0.15) is 5.75 Å². The lowest BCUT2D eigenvalue weighted by Crippen LogP contribution is -2.29. The Morgan fingerprint density at radius 1 is 1.04 bits per heavy atom. The molecule has 5 heteroatoms. The fourth-order valence-corrected chi connectivity index (χ4v) is 3.62. The van der Waals surface area contributed by atoms with Crippen LogP contribution in [0.1, 0.15) is 24.8 Å². The van der Waals surface area contributed by atoms with E-state index in [9.17, 15) is 4.79 Å². The molecule has 3 aromatic rings. The summed E-state index contributed by atoms with van der Waals surface area (Å²) in [5.41, 5.74) is 3.72. The molecule has 0 spiro atoms. The molecule has 4 rings (SSSR count). The number of hydrogen-bond donors (Lipinski definition) is 2. The number of rotatable bonds is 5. The Hall–Kier alpha value is -2.95. The molecule has 0 unspecified atom stereocenters. The maximum atomic E-state index is 12.4. The lowest BCUT2D eigenvalue weighted by molar-refractivity contribution is 0.415. The Labute approximate surface area is 159 Å². The number of pyridine rings is 1. The summed E-state index contributed by atoms with van der Waals surface area (Å²) in [6.45, 7) is 2.77. The first kappa shape index (κ1) is 17.5. The average Bonchev–Trinajstić information content (AvgIpc) is 2.73. The number of aromatic nitrogens is 1. The van der Waals surface area contributed by atoms with E-state index in [1.807, 2.05) is 24.3 Å². The van der Waals surface area contributed by atoms with E-state index in [1.165, 1.54) is 24.9 Å². The topological polar surface area (TPSA) is 57.4 Å².